The standard InChI is InChI=1S/C14H23NO4/c1-13(2)10(14(13,3)4)11(16)15-7-8-5-6-9(19-8)12(17)18/h8-10H,5-7H2,1-4H3,(H,15,16)(H,17,18). The predicted molar refractivity (Wildman–Crippen MR) is 69.6 cm³/mol. The SMILES string of the molecule is CC1(C)C(C(=O)NCC2CCC(C(=O)O)O2)C1(C)C. The summed E-state index contributed by atoms with van der Waals surface area (Å²) in [4.78, 5) is 22.9. The molecular weight excluding hydrogens is 246 g/mol. The fourth-order valence-corrected chi connectivity index (χ4v) is 3.21. The minimum Gasteiger partial charge on any atom is -0.479 e. The van der Waals surface area contributed by atoms with Gasteiger partial charge in [0.2, 0.25) is 5.91 Å². The summed E-state index contributed by atoms with van der Waals surface area (Å²) < 4.78 is 5.36. The lowest BCUT2D eigenvalue weighted by Gasteiger charge is -2.13. The Bertz CT molecular complexity index is 388. The van der Waals surface area contributed by atoms with Gasteiger partial charge in [-0.15, -0.1) is 0 Å². The third kappa shape index (κ3) is 2.36. The quantitative estimate of drug-likeness (QED) is 0.809. The summed E-state index contributed by atoms with van der Waals surface area (Å²) in [5.41, 5.74) is 0.0500. The van der Waals surface area contributed by atoms with E-state index in [9.17, 15) is 9.59 Å². The molecule has 1 saturated heterocycles. The molecule has 0 radical (unpaired) electrons. The molecule has 2 N–H and O–H groups in total. The van der Waals surface area contributed by atoms with Crippen molar-refractivity contribution in [2.24, 2.45) is 16.7 Å². The molecule has 1 saturated carbocycles. The van der Waals surface area contributed by atoms with Gasteiger partial charge in [0.05, 0.1) is 6.10 Å². The Morgan fingerprint density at radius 2 is 1.79 bits per heavy atom. The zero-order valence-corrected chi connectivity index (χ0v) is 12.0. The van der Waals surface area contributed by atoms with E-state index in [0.29, 0.717) is 19.4 Å². The summed E-state index contributed by atoms with van der Waals surface area (Å²) in [6.45, 7) is 8.81. The molecule has 2 unspecified atom stereocenters. The average molecular weight is 269 g/mol. The number of nitrogens with one attached hydrogen (secondary N) is 1. The molecule has 5 heteroatoms. The summed E-state index contributed by atoms with van der Waals surface area (Å²) in [7, 11) is 0. The Kier molecular flexibility index (Phi) is 3.37. The minimum absolute atomic E-state index is 0.0247. The van der Waals surface area contributed by atoms with Gasteiger partial charge < -0.3 is 15.2 Å². The van der Waals surface area contributed by atoms with Gasteiger partial charge in [-0.2, -0.15) is 0 Å². The lowest BCUT2D eigenvalue weighted by atomic mass is 10.0. The van der Waals surface area contributed by atoms with E-state index in [-0.39, 0.29) is 28.8 Å². The lowest BCUT2D eigenvalue weighted by Crippen LogP contribution is -2.35. The molecular formula is C14H23NO4. The van der Waals surface area contributed by atoms with Crippen LogP contribution in [0.25, 0.3) is 0 Å². The molecule has 1 amide bonds. The number of carboxylic acid groups (broad SMARTS) is 1. The first kappa shape index (κ1) is 14.3. The Morgan fingerprint density at radius 1 is 1.21 bits per heavy atom. The second-order valence-corrected chi connectivity index (χ2v) is 6.78. The molecule has 0 bridgehead atoms. The van der Waals surface area contributed by atoms with Crippen LogP contribution in [-0.2, 0) is 14.3 Å². The van der Waals surface area contributed by atoms with Gasteiger partial charge in [0.15, 0.2) is 6.10 Å². The number of carboxylic acids is 1. The van der Waals surface area contributed by atoms with E-state index >= 15 is 0 Å². The molecule has 2 rings (SSSR count). The zero-order chi connectivity index (χ0) is 14.4. The molecule has 1 aliphatic heterocycles. The Morgan fingerprint density at radius 3 is 2.21 bits per heavy atom. The molecule has 1 heterocycles. The smallest absolute Gasteiger partial charge is 0.332 e. The van der Waals surface area contributed by atoms with Crippen LogP contribution in [-0.4, -0.2) is 35.7 Å². The number of aliphatic carboxylic acids is 1. The number of amides is 1. The summed E-state index contributed by atoms with van der Waals surface area (Å²) >= 11 is 0. The topological polar surface area (TPSA) is 75.6 Å². The fourth-order valence-electron chi connectivity index (χ4n) is 3.21. The van der Waals surface area contributed by atoms with Gasteiger partial charge in [-0.05, 0) is 23.7 Å². The molecule has 19 heavy (non-hydrogen) atoms. The van der Waals surface area contributed by atoms with Crippen LogP contribution in [0, 0.1) is 16.7 Å². The van der Waals surface area contributed by atoms with E-state index in [2.05, 4.69) is 33.0 Å². The van der Waals surface area contributed by atoms with Gasteiger partial charge in [0.1, 0.15) is 0 Å². The van der Waals surface area contributed by atoms with Gasteiger partial charge in [-0.25, -0.2) is 4.79 Å². The summed E-state index contributed by atoms with van der Waals surface area (Å²) in [5.74, 6) is -0.840. The molecule has 0 spiro atoms. The van der Waals surface area contributed by atoms with Crippen molar-refractivity contribution in [2.75, 3.05) is 6.54 Å². The van der Waals surface area contributed by atoms with Crippen molar-refractivity contribution in [3.8, 4) is 0 Å². The molecule has 1 aliphatic carbocycles. The highest BCUT2D eigenvalue weighted by atomic mass is 16.5. The number of rotatable bonds is 4. The van der Waals surface area contributed by atoms with Gasteiger partial charge >= 0.3 is 5.97 Å². The normalized spacial score (nSPS) is 32.0. The molecule has 0 aromatic carbocycles. The zero-order valence-electron chi connectivity index (χ0n) is 12.0. The molecule has 2 atom stereocenters. The number of hydrogen-bond donors (Lipinski definition) is 2. The van der Waals surface area contributed by atoms with Crippen LogP contribution in [0.3, 0.4) is 0 Å². The predicted octanol–water partition coefficient (Wildman–Crippen LogP) is 1.42. The van der Waals surface area contributed by atoms with E-state index in [1.807, 2.05) is 0 Å². The number of hydrogen-bond acceptors (Lipinski definition) is 3. The largest absolute Gasteiger partial charge is 0.479 e. The summed E-state index contributed by atoms with van der Waals surface area (Å²) in [6.07, 6.45) is 0.330. The molecule has 2 fully saturated rings. The van der Waals surface area contributed by atoms with Crippen molar-refractivity contribution in [1.82, 2.24) is 5.32 Å². The van der Waals surface area contributed by atoms with E-state index in [1.54, 1.807) is 0 Å². The third-order valence-electron chi connectivity index (χ3n) is 5.17. The van der Waals surface area contributed by atoms with Crippen LogP contribution in [0.1, 0.15) is 40.5 Å². The molecule has 5 nitrogen and oxygen atoms in total. The number of carbonyl (C=O) groups excluding carboxylic acids is 1. The second-order valence-electron chi connectivity index (χ2n) is 6.78. The van der Waals surface area contributed by atoms with E-state index in [1.165, 1.54) is 0 Å². The maximum atomic E-state index is 12.1. The molecule has 108 valence electrons. The van der Waals surface area contributed by atoms with Gasteiger partial charge in [-0.1, -0.05) is 27.7 Å². The van der Waals surface area contributed by atoms with Crippen LogP contribution in [0.15, 0.2) is 0 Å². The van der Waals surface area contributed by atoms with Crippen LogP contribution < -0.4 is 5.32 Å². The average Bonchev–Trinajstić information content (AvgIpc) is 2.69. The van der Waals surface area contributed by atoms with Crippen molar-refractivity contribution in [1.29, 1.82) is 0 Å². The molecule has 2 aliphatic rings. The van der Waals surface area contributed by atoms with Crippen molar-refractivity contribution >= 4 is 11.9 Å². The Balaban J connectivity index is 1.79. The highest BCUT2D eigenvalue weighted by Crippen LogP contribution is 2.68. The number of carbonyl (C=O) groups is 2. The fraction of sp³-hybridized carbons (Fsp3) is 0.857. The van der Waals surface area contributed by atoms with Crippen molar-refractivity contribution in [3.05, 3.63) is 0 Å². The maximum absolute atomic E-state index is 12.1. The van der Waals surface area contributed by atoms with E-state index in [4.69, 9.17) is 9.84 Å². The van der Waals surface area contributed by atoms with E-state index in [0.717, 1.165) is 0 Å². The third-order valence-corrected chi connectivity index (χ3v) is 5.17. The Labute approximate surface area is 113 Å². The first-order valence-corrected chi connectivity index (χ1v) is 6.84. The van der Waals surface area contributed by atoms with Crippen molar-refractivity contribution < 1.29 is 19.4 Å². The molecule has 0 aromatic heterocycles. The highest BCUT2D eigenvalue weighted by molar-refractivity contribution is 5.84. The van der Waals surface area contributed by atoms with Crippen LogP contribution >= 0.6 is 0 Å². The molecule has 0 aromatic rings. The summed E-state index contributed by atoms with van der Waals surface area (Å²) in [5, 5.41) is 11.7. The van der Waals surface area contributed by atoms with Crippen molar-refractivity contribution in [3.63, 3.8) is 0 Å². The van der Waals surface area contributed by atoms with Crippen molar-refractivity contribution in [2.45, 2.75) is 52.7 Å². The minimum atomic E-state index is -0.918. The van der Waals surface area contributed by atoms with Gasteiger partial charge in [-0.3, -0.25) is 4.79 Å². The maximum Gasteiger partial charge on any atom is 0.332 e. The monoisotopic (exact) mass is 269 g/mol. The van der Waals surface area contributed by atoms with Gasteiger partial charge in [0.25, 0.3) is 0 Å². The van der Waals surface area contributed by atoms with E-state index < -0.39 is 12.1 Å². The Hall–Kier alpha value is -1.10. The van der Waals surface area contributed by atoms with Gasteiger partial charge in [0, 0.05) is 12.5 Å². The highest BCUT2D eigenvalue weighted by Gasteiger charge is 2.68. The number of ether oxygens (including phenoxy) is 1. The second kappa shape index (κ2) is 4.47. The lowest BCUT2D eigenvalue weighted by molar-refractivity contribution is -0.149. The van der Waals surface area contributed by atoms with Crippen LogP contribution in [0.2, 0.25) is 0 Å². The summed E-state index contributed by atoms with van der Waals surface area (Å²) in [6, 6.07) is 0. The van der Waals surface area contributed by atoms with Crippen LogP contribution in [0.4, 0.5) is 0 Å². The first-order valence-electron chi connectivity index (χ1n) is 6.84. The first-order chi connectivity index (χ1) is 8.68. The van der Waals surface area contributed by atoms with Crippen LogP contribution in [0.5, 0.6) is 0 Å².